The first kappa shape index (κ1) is 14.7. The smallest absolute Gasteiger partial charge is 0.154 e. The highest BCUT2D eigenvalue weighted by Gasteiger charge is 2.08. The quantitative estimate of drug-likeness (QED) is 0.611. The average Bonchev–Trinajstić information content (AvgIpc) is 3.05. The second-order valence-corrected chi connectivity index (χ2v) is 5.78. The number of benzene rings is 1. The molecule has 3 aromatic heterocycles. The molecule has 0 saturated carbocycles. The third-order valence-electron chi connectivity index (χ3n) is 3.73. The number of imidazole rings is 1. The van der Waals surface area contributed by atoms with Crippen LogP contribution in [0.3, 0.4) is 0 Å². The van der Waals surface area contributed by atoms with Crippen molar-refractivity contribution in [2.75, 3.05) is 5.32 Å². The number of halogens is 1. The summed E-state index contributed by atoms with van der Waals surface area (Å²) in [5, 5.41) is 8.67. The van der Waals surface area contributed by atoms with Gasteiger partial charge < -0.3 is 5.32 Å². The van der Waals surface area contributed by atoms with Crippen LogP contribution in [0.25, 0.3) is 16.9 Å². The van der Waals surface area contributed by atoms with E-state index in [1.807, 2.05) is 59.2 Å². The molecule has 118 valence electrons. The van der Waals surface area contributed by atoms with Crippen molar-refractivity contribution in [1.82, 2.24) is 19.6 Å². The number of pyridine rings is 1. The van der Waals surface area contributed by atoms with Crippen LogP contribution in [0.2, 0.25) is 5.02 Å². The van der Waals surface area contributed by atoms with Crippen molar-refractivity contribution in [3.8, 4) is 11.3 Å². The van der Waals surface area contributed by atoms with Gasteiger partial charge in [-0.05, 0) is 42.0 Å². The van der Waals surface area contributed by atoms with Crippen molar-refractivity contribution in [2.24, 2.45) is 0 Å². The molecule has 4 rings (SSSR count). The normalized spacial score (nSPS) is 10.9. The van der Waals surface area contributed by atoms with Gasteiger partial charge in [0.2, 0.25) is 0 Å². The number of anilines is 1. The van der Waals surface area contributed by atoms with E-state index in [-0.39, 0.29) is 0 Å². The molecule has 1 N–H and O–H groups in total. The van der Waals surface area contributed by atoms with Gasteiger partial charge in [-0.2, -0.15) is 0 Å². The van der Waals surface area contributed by atoms with Crippen LogP contribution in [0.1, 0.15) is 5.56 Å². The first-order valence-corrected chi connectivity index (χ1v) is 7.91. The minimum atomic E-state index is 0.687. The molecule has 6 heteroatoms. The van der Waals surface area contributed by atoms with Gasteiger partial charge in [0.15, 0.2) is 5.65 Å². The molecule has 24 heavy (non-hydrogen) atoms. The Bertz CT molecular complexity index is 964. The molecule has 0 aliphatic rings. The molecule has 5 nitrogen and oxygen atoms in total. The Hall–Kier alpha value is -2.92. The van der Waals surface area contributed by atoms with Crippen molar-refractivity contribution >= 4 is 23.1 Å². The van der Waals surface area contributed by atoms with E-state index in [1.54, 1.807) is 12.4 Å². The zero-order chi connectivity index (χ0) is 16.4. The lowest BCUT2D eigenvalue weighted by atomic mass is 10.2. The van der Waals surface area contributed by atoms with Crippen LogP contribution < -0.4 is 5.32 Å². The number of rotatable bonds is 4. The zero-order valence-electron chi connectivity index (χ0n) is 12.7. The van der Waals surface area contributed by atoms with Crippen LogP contribution in [-0.4, -0.2) is 19.6 Å². The highest BCUT2D eigenvalue weighted by atomic mass is 35.5. The van der Waals surface area contributed by atoms with Crippen molar-refractivity contribution in [3.63, 3.8) is 0 Å². The maximum absolute atomic E-state index is 5.96. The summed E-state index contributed by atoms with van der Waals surface area (Å²) in [6, 6.07) is 15.5. The molecule has 0 spiro atoms. The lowest BCUT2D eigenvalue weighted by Crippen LogP contribution is -2.04. The predicted octanol–water partition coefficient (Wildman–Crippen LogP) is 4.06. The Morgan fingerprint density at radius 2 is 1.75 bits per heavy atom. The molecule has 4 aromatic rings. The molecule has 3 heterocycles. The minimum absolute atomic E-state index is 0.687. The van der Waals surface area contributed by atoms with Crippen molar-refractivity contribution in [1.29, 1.82) is 0 Å². The van der Waals surface area contributed by atoms with Crippen LogP contribution in [-0.2, 0) is 6.54 Å². The highest BCUT2D eigenvalue weighted by Crippen LogP contribution is 2.22. The number of fused-ring (bicyclic) bond motifs is 1. The van der Waals surface area contributed by atoms with E-state index in [2.05, 4.69) is 20.4 Å². The monoisotopic (exact) mass is 335 g/mol. The number of hydrogen-bond donors (Lipinski definition) is 1. The van der Waals surface area contributed by atoms with E-state index in [9.17, 15) is 0 Å². The zero-order valence-corrected chi connectivity index (χ0v) is 13.5. The third kappa shape index (κ3) is 2.94. The van der Waals surface area contributed by atoms with E-state index in [0.29, 0.717) is 11.6 Å². The first-order chi connectivity index (χ1) is 11.8. The van der Waals surface area contributed by atoms with Crippen molar-refractivity contribution < 1.29 is 0 Å². The predicted molar refractivity (Wildman–Crippen MR) is 95.0 cm³/mol. The first-order valence-electron chi connectivity index (χ1n) is 7.53. The van der Waals surface area contributed by atoms with E-state index in [4.69, 9.17) is 11.6 Å². The van der Waals surface area contributed by atoms with Crippen molar-refractivity contribution in [3.05, 3.63) is 77.7 Å². The van der Waals surface area contributed by atoms with Crippen LogP contribution in [0.15, 0.2) is 67.1 Å². The van der Waals surface area contributed by atoms with Gasteiger partial charge in [-0.3, -0.25) is 4.98 Å². The third-order valence-corrected chi connectivity index (χ3v) is 3.98. The largest absolute Gasteiger partial charge is 0.365 e. The highest BCUT2D eigenvalue weighted by molar-refractivity contribution is 6.30. The fourth-order valence-electron chi connectivity index (χ4n) is 2.48. The maximum Gasteiger partial charge on any atom is 0.154 e. The van der Waals surface area contributed by atoms with Gasteiger partial charge in [0, 0.05) is 29.5 Å². The van der Waals surface area contributed by atoms with Crippen LogP contribution in [0.4, 0.5) is 5.82 Å². The molecule has 0 atom stereocenters. The SMILES string of the molecule is Clc1ccc(-c2cnc3ccc(NCc4ccncc4)nn23)cc1. The van der Waals surface area contributed by atoms with Crippen LogP contribution in [0.5, 0.6) is 0 Å². The van der Waals surface area contributed by atoms with Gasteiger partial charge in [-0.15, -0.1) is 5.10 Å². The molecular weight excluding hydrogens is 322 g/mol. The fraction of sp³-hybridized carbons (Fsp3) is 0.0556. The standard InChI is InChI=1S/C18H14ClN5/c19-15-3-1-14(2-4-15)16-12-22-18-6-5-17(23-24(16)18)21-11-13-7-9-20-10-8-13/h1-10,12H,11H2,(H,21,23). The molecule has 1 aromatic carbocycles. The average molecular weight is 336 g/mol. The van der Waals surface area contributed by atoms with Crippen molar-refractivity contribution in [2.45, 2.75) is 6.54 Å². The number of aromatic nitrogens is 4. The van der Waals surface area contributed by atoms with Crippen LogP contribution >= 0.6 is 11.6 Å². The summed E-state index contributed by atoms with van der Waals surface area (Å²) in [6.07, 6.45) is 5.38. The molecule has 0 radical (unpaired) electrons. The van der Waals surface area contributed by atoms with Gasteiger partial charge in [0.05, 0.1) is 11.9 Å². The Balaban J connectivity index is 1.64. The van der Waals surface area contributed by atoms with Gasteiger partial charge in [0.1, 0.15) is 5.82 Å². The summed E-state index contributed by atoms with van der Waals surface area (Å²) in [6.45, 7) is 0.687. The molecule has 0 bridgehead atoms. The topological polar surface area (TPSA) is 55.1 Å². The van der Waals surface area contributed by atoms with Gasteiger partial charge in [-0.25, -0.2) is 9.50 Å². The van der Waals surface area contributed by atoms with Gasteiger partial charge in [-0.1, -0.05) is 23.7 Å². The molecular formula is C18H14ClN5. The molecule has 0 aliphatic carbocycles. The fourth-order valence-corrected chi connectivity index (χ4v) is 2.60. The molecule has 0 aliphatic heterocycles. The summed E-state index contributed by atoms with van der Waals surface area (Å²) < 4.78 is 1.83. The second kappa shape index (κ2) is 6.29. The Labute approximate surface area is 144 Å². The number of nitrogens with zero attached hydrogens (tertiary/aromatic N) is 4. The Morgan fingerprint density at radius 1 is 0.958 bits per heavy atom. The van der Waals surface area contributed by atoms with E-state index in [0.717, 1.165) is 28.3 Å². The summed E-state index contributed by atoms with van der Waals surface area (Å²) in [5.74, 6) is 0.785. The van der Waals surface area contributed by atoms with E-state index >= 15 is 0 Å². The maximum atomic E-state index is 5.96. The van der Waals surface area contributed by atoms with E-state index in [1.165, 1.54) is 0 Å². The molecule has 0 fully saturated rings. The Kier molecular flexibility index (Phi) is 3.84. The Morgan fingerprint density at radius 3 is 2.54 bits per heavy atom. The lowest BCUT2D eigenvalue weighted by Gasteiger charge is -2.07. The minimum Gasteiger partial charge on any atom is -0.365 e. The summed E-state index contributed by atoms with van der Waals surface area (Å²) >= 11 is 5.96. The second-order valence-electron chi connectivity index (χ2n) is 5.35. The lowest BCUT2D eigenvalue weighted by molar-refractivity contribution is 0.930. The molecule has 0 saturated heterocycles. The molecule has 0 amide bonds. The van der Waals surface area contributed by atoms with E-state index < -0.39 is 0 Å². The number of hydrogen-bond acceptors (Lipinski definition) is 4. The van der Waals surface area contributed by atoms with Gasteiger partial charge >= 0.3 is 0 Å². The molecule has 0 unspecified atom stereocenters. The number of nitrogens with one attached hydrogen (secondary N) is 1. The summed E-state index contributed by atoms with van der Waals surface area (Å²) in [5.41, 5.74) is 3.89. The van der Waals surface area contributed by atoms with Crippen LogP contribution in [0, 0.1) is 0 Å². The summed E-state index contributed by atoms with van der Waals surface area (Å²) in [4.78, 5) is 8.43. The summed E-state index contributed by atoms with van der Waals surface area (Å²) in [7, 11) is 0. The van der Waals surface area contributed by atoms with Gasteiger partial charge in [0.25, 0.3) is 0 Å².